The lowest BCUT2D eigenvalue weighted by atomic mass is 9.89. The standard InChI is InChI=1S/C11H14N2O3/c14-6-8-9(11(15)16)13-10(12-8)7-4-2-1-3-5-7/h6-7H,1-5H2,(H,12,13)(H,15,16). The minimum Gasteiger partial charge on any atom is -0.476 e. The Morgan fingerprint density at radius 2 is 2.06 bits per heavy atom. The van der Waals surface area contributed by atoms with E-state index in [9.17, 15) is 9.59 Å². The van der Waals surface area contributed by atoms with Crippen LogP contribution in [0, 0.1) is 0 Å². The van der Waals surface area contributed by atoms with Crippen molar-refractivity contribution < 1.29 is 14.7 Å². The average Bonchev–Trinajstić information content (AvgIpc) is 2.74. The van der Waals surface area contributed by atoms with Gasteiger partial charge in [-0.15, -0.1) is 0 Å². The van der Waals surface area contributed by atoms with Crippen molar-refractivity contribution >= 4 is 12.3 Å². The number of carbonyl (C=O) groups is 2. The third kappa shape index (κ3) is 1.98. The summed E-state index contributed by atoms with van der Waals surface area (Å²) in [6.07, 6.45) is 6.07. The van der Waals surface area contributed by atoms with Gasteiger partial charge in [0, 0.05) is 5.92 Å². The molecule has 0 aromatic carbocycles. The van der Waals surface area contributed by atoms with Gasteiger partial charge >= 0.3 is 5.97 Å². The number of imidazole rings is 1. The number of aromatic amines is 1. The van der Waals surface area contributed by atoms with E-state index in [2.05, 4.69) is 9.97 Å². The van der Waals surface area contributed by atoms with Crippen LogP contribution in [0.3, 0.4) is 0 Å². The second kappa shape index (κ2) is 4.47. The number of carboxylic acids is 1. The molecule has 5 nitrogen and oxygen atoms in total. The molecule has 2 rings (SSSR count). The highest BCUT2D eigenvalue weighted by atomic mass is 16.4. The fourth-order valence-corrected chi connectivity index (χ4v) is 2.22. The van der Waals surface area contributed by atoms with Crippen molar-refractivity contribution in [1.82, 2.24) is 9.97 Å². The highest BCUT2D eigenvalue weighted by molar-refractivity contribution is 5.94. The summed E-state index contributed by atoms with van der Waals surface area (Å²) in [4.78, 5) is 28.4. The Bertz CT molecular complexity index is 405. The van der Waals surface area contributed by atoms with Crippen LogP contribution in [0.1, 0.15) is 64.8 Å². The summed E-state index contributed by atoms with van der Waals surface area (Å²) in [6.45, 7) is 0. The Morgan fingerprint density at radius 3 is 2.56 bits per heavy atom. The van der Waals surface area contributed by atoms with E-state index in [1.807, 2.05) is 0 Å². The molecular weight excluding hydrogens is 208 g/mol. The van der Waals surface area contributed by atoms with E-state index in [1.165, 1.54) is 6.42 Å². The monoisotopic (exact) mass is 222 g/mol. The van der Waals surface area contributed by atoms with Gasteiger partial charge in [-0.25, -0.2) is 9.78 Å². The maximum atomic E-state index is 10.8. The number of H-pyrrole nitrogens is 1. The maximum Gasteiger partial charge on any atom is 0.356 e. The smallest absolute Gasteiger partial charge is 0.356 e. The van der Waals surface area contributed by atoms with Gasteiger partial charge in [-0.3, -0.25) is 4.79 Å². The van der Waals surface area contributed by atoms with Gasteiger partial charge in [-0.1, -0.05) is 19.3 Å². The van der Waals surface area contributed by atoms with Crippen LogP contribution in [-0.4, -0.2) is 27.3 Å². The first-order chi connectivity index (χ1) is 7.72. The molecule has 1 aromatic heterocycles. The molecule has 0 saturated heterocycles. The van der Waals surface area contributed by atoms with Crippen LogP contribution in [0.5, 0.6) is 0 Å². The third-order valence-electron chi connectivity index (χ3n) is 3.06. The van der Waals surface area contributed by atoms with Gasteiger partial charge in [0.1, 0.15) is 11.5 Å². The van der Waals surface area contributed by atoms with Gasteiger partial charge in [0.05, 0.1) is 0 Å². The molecule has 1 aliphatic carbocycles. The van der Waals surface area contributed by atoms with Gasteiger partial charge in [0.2, 0.25) is 0 Å². The van der Waals surface area contributed by atoms with Crippen molar-refractivity contribution in [3.63, 3.8) is 0 Å². The highest BCUT2D eigenvalue weighted by Gasteiger charge is 2.23. The number of aromatic nitrogens is 2. The van der Waals surface area contributed by atoms with Crippen molar-refractivity contribution in [2.24, 2.45) is 0 Å². The molecular formula is C11H14N2O3. The summed E-state index contributed by atoms with van der Waals surface area (Å²) in [5.74, 6) is -0.222. The Hall–Kier alpha value is -1.65. The number of hydrogen-bond acceptors (Lipinski definition) is 3. The van der Waals surface area contributed by atoms with Crippen LogP contribution in [0.4, 0.5) is 0 Å². The summed E-state index contributed by atoms with van der Waals surface area (Å²) in [5, 5.41) is 8.87. The number of carbonyl (C=O) groups excluding carboxylic acids is 1. The fourth-order valence-electron chi connectivity index (χ4n) is 2.22. The predicted molar refractivity (Wildman–Crippen MR) is 56.8 cm³/mol. The van der Waals surface area contributed by atoms with E-state index in [0.29, 0.717) is 12.1 Å². The van der Waals surface area contributed by atoms with E-state index in [-0.39, 0.29) is 17.3 Å². The normalized spacial score (nSPS) is 17.2. The number of rotatable bonds is 3. The SMILES string of the molecule is O=Cc1[nH]c(C2CCCCC2)nc1C(=O)O. The molecule has 1 aliphatic rings. The number of carboxylic acid groups (broad SMARTS) is 1. The van der Waals surface area contributed by atoms with Crippen molar-refractivity contribution in [3.05, 3.63) is 17.2 Å². The van der Waals surface area contributed by atoms with Crippen molar-refractivity contribution in [2.75, 3.05) is 0 Å². The molecule has 0 spiro atoms. The van der Waals surface area contributed by atoms with E-state index in [1.54, 1.807) is 0 Å². The second-order valence-corrected chi connectivity index (χ2v) is 4.14. The lowest BCUT2D eigenvalue weighted by Gasteiger charge is -2.18. The molecule has 0 radical (unpaired) electrons. The molecule has 0 amide bonds. The van der Waals surface area contributed by atoms with Gasteiger partial charge < -0.3 is 10.1 Å². The summed E-state index contributed by atoms with van der Waals surface area (Å²) < 4.78 is 0. The first-order valence-electron chi connectivity index (χ1n) is 5.50. The molecule has 86 valence electrons. The Morgan fingerprint density at radius 1 is 1.38 bits per heavy atom. The zero-order valence-corrected chi connectivity index (χ0v) is 8.90. The van der Waals surface area contributed by atoms with Crippen molar-refractivity contribution in [3.8, 4) is 0 Å². The number of aromatic carboxylic acids is 1. The molecule has 0 aliphatic heterocycles. The quantitative estimate of drug-likeness (QED) is 0.766. The molecule has 0 atom stereocenters. The Balaban J connectivity index is 2.27. The average molecular weight is 222 g/mol. The van der Waals surface area contributed by atoms with Crippen molar-refractivity contribution in [2.45, 2.75) is 38.0 Å². The first kappa shape index (κ1) is 10.9. The Labute approximate surface area is 92.9 Å². The van der Waals surface area contributed by atoms with Gasteiger partial charge in [-0.05, 0) is 12.8 Å². The second-order valence-electron chi connectivity index (χ2n) is 4.14. The molecule has 0 unspecified atom stereocenters. The van der Waals surface area contributed by atoms with Crippen molar-refractivity contribution in [1.29, 1.82) is 0 Å². The van der Waals surface area contributed by atoms with E-state index >= 15 is 0 Å². The van der Waals surface area contributed by atoms with Crippen LogP contribution in [0.25, 0.3) is 0 Å². The maximum absolute atomic E-state index is 10.8. The molecule has 1 aromatic rings. The zero-order valence-electron chi connectivity index (χ0n) is 8.90. The molecule has 16 heavy (non-hydrogen) atoms. The summed E-state index contributed by atoms with van der Waals surface area (Å²) in [5.41, 5.74) is -0.0800. The number of aldehydes is 1. The minimum atomic E-state index is -1.15. The molecule has 2 N–H and O–H groups in total. The number of nitrogens with one attached hydrogen (secondary N) is 1. The number of nitrogens with zero attached hydrogens (tertiary/aromatic N) is 1. The topological polar surface area (TPSA) is 83.0 Å². The van der Waals surface area contributed by atoms with Crippen LogP contribution in [0.2, 0.25) is 0 Å². The zero-order chi connectivity index (χ0) is 11.5. The fraction of sp³-hybridized carbons (Fsp3) is 0.545. The molecule has 1 heterocycles. The molecule has 5 heteroatoms. The molecule has 1 fully saturated rings. The number of hydrogen-bond donors (Lipinski definition) is 2. The predicted octanol–water partition coefficient (Wildman–Crippen LogP) is 1.97. The molecule has 0 bridgehead atoms. The minimum absolute atomic E-state index is 0.0769. The van der Waals surface area contributed by atoms with Crippen LogP contribution in [0.15, 0.2) is 0 Å². The lowest BCUT2D eigenvalue weighted by Crippen LogP contribution is -2.06. The van der Waals surface area contributed by atoms with E-state index in [0.717, 1.165) is 25.7 Å². The summed E-state index contributed by atoms with van der Waals surface area (Å²) in [7, 11) is 0. The summed E-state index contributed by atoms with van der Waals surface area (Å²) in [6, 6.07) is 0. The van der Waals surface area contributed by atoms with E-state index < -0.39 is 5.97 Å². The van der Waals surface area contributed by atoms with Gasteiger partial charge in [0.25, 0.3) is 0 Å². The van der Waals surface area contributed by atoms with Crippen LogP contribution in [-0.2, 0) is 0 Å². The highest BCUT2D eigenvalue weighted by Crippen LogP contribution is 2.31. The Kier molecular flexibility index (Phi) is 3.03. The van der Waals surface area contributed by atoms with Gasteiger partial charge in [0.15, 0.2) is 12.0 Å². The third-order valence-corrected chi connectivity index (χ3v) is 3.06. The van der Waals surface area contributed by atoms with Crippen LogP contribution >= 0.6 is 0 Å². The largest absolute Gasteiger partial charge is 0.476 e. The van der Waals surface area contributed by atoms with Crippen LogP contribution < -0.4 is 0 Å². The van der Waals surface area contributed by atoms with Gasteiger partial charge in [-0.2, -0.15) is 0 Å². The first-order valence-corrected chi connectivity index (χ1v) is 5.50. The summed E-state index contributed by atoms with van der Waals surface area (Å²) >= 11 is 0. The lowest BCUT2D eigenvalue weighted by molar-refractivity contribution is 0.0688. The molecule has 1 saturated carbocycles. The van der Waals surface area contributed by atoms with E-state index in [4.69, 9.17) is 5.11 Å².